The van der Waals surface area contributed by atoms with Crippen LogP contribution < -0.4 is 9.47 Å². The number of halogens is 2. The van der Waals surface area contributed by atoms with Gasteiger partial charge in [-0.3, -0.25) is 9.59 Å². The minimum atomic E-state index is -0.500. The van der Waals surface area contributed by atoms with Crippen LogP contribution in [0.25, 0.3) is 0 Å². The zero-order valence-corrected chi connectivity index (χ0v) is 23.4. The molecule has 1 saturated carbocycles. The lowest BCUT2D eigenvalue weighted by Gasteiger charge is -2.26. The van der Waals surface area contributed by atoms with E-state index in [1.165, 1.54) is 0 Å². The number of rotatable bonds is 12. The smallest absolute Gasteiger partial charge is 0.330 e. The third-order valence-corrected chi connectivity index (χ3v) is 7.00. The van der Waals surface area contributed by atoms with Crippen LogP contribution in [-0.4, -0.2) is 37.1 Å². The molecule has 1 aliphatic carbocycles. The van der Waals surface area contributed by atoms with E-state index < -0.39 is 23.9 Å². The number of benzene rings is 2. The van der Waals surface area contributed by atoms with Crippen molar-refractivity contribution >= 4 is 47.1 Å². The molecule has 0 aromatic heterocycles. The summed E-state index contributed by atoms with van der Waals surface area (Å²) < 4.78 is 21.0. The van der Waals surface area contributed by atoms with E-state index in [0.717, 1.165) is 23.3 Å². The fourth-order valence-electron chi connectivity index (χ4n) is 4.17. The summed E-state index contributed by atoms with van der Waals surface area (Å²) in [6.07, 6.45) is 4.98. The van der Waals surface area contributed by atoms with Crippen molar-refractivity contribution in [3.8, 4) is 11.5 Å². The van der Waals surface area contributed by atoms with E-state index >= 15 is 0 Å². The summed E-state index contributed by atoms with van der Waals surface area (Å²) in [5.74, 6) is -2.04. The van der Waals surface area contributed by atoms with Gasteiger partial charge in [-0.25, -0.2) is 9.59 Å². The van der Waals surface area contributed by atoms with Gasteiger partial charge in [-0.15, -0.1) is 0 Å². The number of hydrogen-bond donors (Lipinski definition) is 0. The molecule has 0 amide bonds. The zero-order valence-electron chi connectivity index (χ0n) is 21.9. The summed E-state index contributed by atoms with van der Waals surface area (Å²) >= 11 is 12.6. The predicted molar refractivity (Wildman–Crippen MR) is 149 cm³/mol. The van der Waals surface area contributed by atoms with Crippen molar-refractivity contribution < 1.29 is 38.1 Å². The summed E-state index contributed by atoms with van der Waals surface area (Å²) in [4.78, 5) is 47.8. The largest absolute Gasteiger partial charge is 0.462 e. The maximum atomic E-state index is 12.7. The fourth-order valence-corrected chi connectivity index (χ4v) is 4.65. The number of hydrogen-bond acceptors (Lipinski definition) is 8. The molecular formula is C30H30Cl2O8. The first-order chi connectivity index (χ1) is 19.2. The monoisotopic (exact) mass is 588 g/mol. The molecule has 8 nitrogen and oxygen atoms in total. The van der Waals surface area contributed by atoms with E-state index in [-0.39, 0.29) is 46.6 Å². The second-order valence-electron chi connectivity index (χ2n) is 9.16. The first kappa shape index (κ1) is 30.9. The molecule has 0 atom stereocenters. The summed E-state index contributed by atoms with van der Waals surface area (Å²) in [6, 6.07) is 10.0. The molecule has 3 rings (SSSR count). The Bertz CT molecular complexity index is 1170. The molecule has 0 unspecified atom stereocenters. The molecule has 0 heterocycles. The van der Waals surface area contributed by atoms with E-state index in [2.05, 4.69) is 13.2 Å². The lowest BCUT2D eigenvalue weighted by molar-refractivity contribution is -0.145. The van der Waals surface area contributed by atoms with Crippen molar-refractivity contribution in [3.05, 3.63) is 82.9 Å². The van der Waals surface area contributed by atoms with Gasteiger partial charge in [-0.2, -0.15) is 0 Å². The minimum absolute atomic E-state index is 0.179. The normalized spacial score (nSPS) is 16.4. The van der Waals surface area contributed by atoms with Gasteiger partial charge in [0, 0.05) is 25.0 Å². The van der Waals surface area contributed by atoms with Gasteiger partial charge in [-0.05, 0) is 61.1 Å². The van der Waals surface area contributed by atoms with Crippen molar-refractivity contribution in [3.63, 3.8) is 0 Å². The first-order valence-corrected chi connectivity index (χ1v) is 13.5. The van der Waals surface area contributed by atoms with Gasteiger partial charge in [0.25, 0.3) is 0 Å². The van der Waals surface area contributed by atoms with Crippen molar-refractivity contribution in [1.82, 2.24) is 0 Å². The van der Waals surface area contributed by atoms with Gasteiger partial charge in [0.15, 0.2) is 0 Å². The molecule has 212 valence electrons. The Hall–Kier alpha value is -3.62. The Morgan fingerprint density at radius 3 is 1.40 bits per heavy atom. The molecule has 2 aromatic carbocycles. The van der Waals surface area contributed by atoms with Crippen LogP contribution in [0.3, 0.4) is 0 Å². The third kappa shape index (κ3) is 9.24. The Labute approximate surface area is 242 Å². The molecule has 0 radical (unpaired) electrons. The molecule has 1 fully saturated rings. The summed E-state index contributed by atoms with van der Waals surface area (Å²) in [6.45, 7) is 7.04. The molecule has 0 spiro atoms. The highest BCUT2D eigenvalue weighted by Gasteiger charge is 2.32. The Kier molecular flexibility index (Phi) is 11.8. The number of carbonyl (C=O) groups excluding carboxylic acids is 4. The lowest BCUT2D eigenvalue weighted by atomic mass is 9.82. The zero-order chi connectivity index (χ0) is 29.1. The highest BCUT2D eigenvalue weighted by Crippen LogP contribution is 2.34. The topological polar surface area (TPSA) is 105 Å². The number of ether oxygens (including phenoxy) is 4. The van der Waals surface area contributed by atoms with Crippen LogP contribution in [0.5, 0.6) is 11.5 Å². The van der Waals surface area contributed by atoms with Crippen LogP contribution in [0.4, 0.5) is 0 Å². The summed E-state index contributed by atoms with van der Waals surface area (Å²) in [5.41, 5.74) is 1.65. The quantitative estimate of drug-likeness (QED) is 0.172. The highest BCUT2D eigenvalue weighted by molar-refractivity contribution is 6.32. The Morgan fingerprint density at radius 2 is 1.07 bits per heavy atom. The molecule has 0 bridgehead atoms. The van der Waals surface area contributed by atoms with Crippen molar-refractivity contribution in [1.29, 1.82) is 0 Å². The molecular weight excluding hydrogens is 559 g/mol. The van der Waals surface area contributed by atoms with Crippen LogP contribution in [0.15, 0.2) is 61.7 Å². The van der Waals surface area contributed by atoms with Crippen LogP contribution in [0.2, 0.25) is 10.0 Å². The molecule has 2 aromatic rings. The number of esters is 4. The highest BCUT2D eigenvalue weighted by atomic mass is 35.5. The molecule has 0 N–H and O–H groups in total. The van der Waals surface area contributed by atoms with Crippen molar-refractivity contribution in [2.45, 2.75) is 38.5 Å². The van der Waals surface area contributed by atoms with E-state index in [1.54, 1.807) is 36.4 Å². The first-order valence-electron chi connectivity index (χ1n) is 12.8. The van der Waals surface area contributed by atoms with E-state index in [1.807, 2.05) is 0 Å². The van der Waals surface area contributed by atoms with Crippen molar-refractivity contribution in [2.75, 3.05) is 13.2 Å². The van der Waals surface area contributed by atoms with E-state index in [4.69, 9.17) is 42.1 Å². The fraction of sp³-hybridized carbons (Fsp3) is 0.333. The second-order valence-corrected chi connectivity index (χ2v) is 9.98. The number of carbonyl (C=O) groups is 4. The Morgan fingerprint density at radius 1 is 0.700 bits per heavy atom. The maximum Gasteiger partial charge on any atom is 0.330 e. The molecule has 10 heteroatoms. The van der Waals surface area contributed by atoms with Gasteiger partial charge in [0.05, 0.1) is 35.1 Å². The van der Waals surface area contributed by atoms with E-state index in [9.17, 15) is 19.2 Å². The maximum absolute atomic E-state index is 12.7. The average molecular weight is 589 g/mol. The predicted octanol–water partition coefficient (Wildman–Crippen LogP) is 5.85. The molecule has 1 aliphatic rings. The third-order valence-electron chi connectivity index (χ3n) is 6.41. The van der Waals surface area contributed by atoms with Crippen LogP contribution in [0.1, 0.15) is 36.8 Å². The van der Waals surface area contributed by atoms with Gasteiger partial charge in [0.2, 0.25) is 0 Å². The van der Waals surface area contributed by atoms with Gasteiger partial charge >= 0.3 is 23.9 Å². The minimum Gasteiger partial charge on any atom is -0.462 e. The van der Waals surface area contributed by atoms with Gasteiger partial charge in [0.1, 0.15) is 11.5 Å². The average Bonchev–Trinajstić information content (AvgIpc) is 2.95. The summed E-state index contributed by atoms with van der Waals surface area (Å²) in [7, 11) is 0. The van der Waals surface area contributed by atoms with Crippen LogP contribution >= 0.6 is 23.2 Å². The summed E-state index contributed by atoms with van der Waals surface area (Å²) in [5, 5.41) is 0.553. The SMILES string of the molecule is C=CC(=O)OCCc1ccc(OC(=O)C2CCC(C(=O)Oc3ccc(CCOC(=O)C=C)cc3Cl)CC2)c(Cl)c1. The molecule has 0 saturated heterocycles. The Balaban J connectivity index is 1.45. The molecule has 40 heavy (non-hydrogen) atoms. The second kappa shape index (κ2) is 15.2. The lowest BCUT2D eigenvalue weighted by Crippen LogP contribution is -2.30. The standard InChI is InChI=1S/C30H30Cl2O8/c1-3-27(33)37-15-13-19-5-11-25(23(31)17-19)39-29(35)21-7-9-22(10-8-21)30(36)40-26-12-6-20(18-24(26)32)14-16-38-28(34)4-2/h3-6,11-12,17-18,21-22H,1-2,7-10,13-16H2. The van der Waals surface area contributed by atoms with E-state index in [0.29, 0.717) is 38.5 Å². The molecule has 0 aliphatic heterocycles. The van der Waals surface area contributed by atoms with Gasteiger partial charge < -0.3 is 18.9 Å². The van der Waals surface area contributed by atoms with Crippen LogP contribution in [-0.2, 0) is 41.5 Å². The van der Waals surface area contributed by atoms with Crippen molar-refractivity contribution in [2.24, 2.45) is 11.8 Å². The van der Waals surface area contributed by atoms with Gasteiger partial charge in [-0.1, -0.05) is 48.5 Å². The van der Waals surface area contributed by atoms with Crippen LogP contribution in [0, 0.1) is 11.8 Å².